The number of rotatable bonds is 2. The van der Waals surface area contributed by atoms with Gasteiger partial charge in [0.15, 0.2) is 0 Å². The van der Waals surface area contributed by atoms with Gasteiger partial charge in [0.05, 0.1) is 5.69 Å². The molecule has 0 bridgehead atoms. The molecular weight excluding hydrogens is 169 g/mol. The molecule has 0 atom stereocenters. The van der Waals surface area contributed by atoms with Crippen LogP contribution in [0.3, 0.4) is 0 Å². The zero-order valence-corrected chi connectivity index (χ0v) is 7.90. The Hall–Kier alpha value is -1.07. The van der Waals surface area contributed by atoms with Crippen LogP contribution < -0.4 is 4.65 Å². The van der Waals surface area contributed by atoms with E-state index in [0.29, 0.717) is 11.4 Å². The fraction of sp³-hybridized carbons (Fsp3) is 0.375. The second-order valence-electron chi connectivity index (χ2n) is 2.94. The summed E-state index contributed by atoms with van der Waals surface area (Å²) in [6.45, 7) is 5.47. The summed E-state index contributed by atoms with van der Waals surface area (Å²) in [7, 11) is -1.79. The van der Waals surface area contributed by atoms with Crippen molar-refractivity contribution in [3.8, 4) is 5.75 Å². The van der Waals surface area contributed by atoms with Gasteiger partial charge in [-0.15, -0.1) is 0 Å². The van der Waals surface area contributed by atoms with Crippen molar-refractivity contribution in [3.05, 3.63) is 23.0 Å². The summed E-state index contributed by atoms with van der Waals surface area (Å²) in [4.78, 5) is 4.14. The maximum absolute atomic E-state index is 8.63. The third-order valence-corrected chi connectivity index (χ3v) is 1.68. The average Bonchev–Trinajstić information content (AvgIpc) is 1.96. The van der Waals surface area contributed by atoms with Gasteiger partial charge in [-0.2, -0.15) is 0 Å². The highest BCUT2D eigenvalue weighted by molar-refractivity contribution is 6.33. The molecule has 0 aliphatic carbocycles. The molecule has 0 amide bonds. The van der Waals surface area contributed by atoms with E-state index in [9.17, 15) is 0 Å². The zero-order valence-electron chi connectivity index (χ0n) is 7.90. The number of nitrogens with zero attached hydrogens (tertiary/aromatic N) is 1. The number of pyridine rings is 1. The number of aromatic nitrogens is 1. The van der Waals surface area contributed by atoms with Gasteiger partial charge >= 0.3 is 7.32 Å². The lowest BCUT2D eigenvalue weighted by Gasteiger charge is -2.11. The van der Waals surface area contributed by atoms with Crippen molar-refractivity contribution in [2.24, 2.45) is 0 Å². The molecule has 0 unspecified atom stereocenters. The minimum absolute atomic E-state index is 0.431. The van der Waals surface area contributed by atoms with E-state index in [4.69, 9.17) is 14.7 Å². The largest absolute Gasteiger partial charge is 0.707 e. The molecule has 0 aliphatic rings. The minimum Gasteiger partial charge on any atom is -0.510 e. The Morgan fingerprint density at radius 2 is 1.92 bits per heavy atom. The van der Waals surface area contributed by atoms with Crippen LogP contribution in [0.15, 0.2) is 6.07 Å². The van der Waals surface area contributed by atoms with Crippen molar-refractivity contribution in [2.45, 2.75) is 20.8 Å². The van der Waals surface area contributed by atoms with Crippen molar-refractivity contribution in [1.82, 2.24) is 4.98 Å². The SMILES string of the molecule is Cc1cc(C)c(OB(O)O)c(C)n1. The average molecular weight is 181 g/mol. The van der Waals surface area contributed by atoms with E-state index in [1.165, 1.54) is 0 Å². The molecule has 0 spiro atoms. The summed E-state index contributed by atoms with van der Waals surface area (Å²) in [5.41, 5.74) is 2.39. The number of hydrogen-bond acceptors (Lipinski definition) is 4. The van der Waals surface area contributed by atoms with Gasteiger partial charge in [0, 0.05) is 5.69 Å². The summed E-state index contributed by atoms with van der Waals surface area (Å²) in [5.74, 6) is 0.431. The van der Waals surface area contributed by atoms with Crippen LogP contribution in [0, 0.1) is 20.8 Å². The first-order valence-corrected chi connectivity index (χ1v) is 3.98. The molecule has 1 aromatic heterocycles. The minimum atomic E-state index is -1.79. The van der Waals surface area contributed by atoms with Gasteiger partial charge in [-0.3, -0.25) is 4.98 Å². The highest BCUT2D eigenvalue weighted by Crippen LogP contribution is 2.21. The molecule has 0 saturated heterocycles. The summed E-state index contributed by atoms with van der Waals surface area (Å²) in [6, 6.07) is 1.82. The Morgan fingerprint density at radius 3 is 2.38 bits per heavy atom. The molecule has 0 saturated carbocycles. The number of aryl methyl sites for hydroxylation is 3. The predicted molar refractivity (Wildman–Crippen MR) is 49.3 cm³/mol. The third kappa shape index (κ3) is 2.43. The lowest BCUT2D eigenvalue weighted by atomic mass is 10.1. The Morgan fingerprint density at radius 1 is 1.31 bits per heavy atom. The van der Waals surface area contributed by atoms with Gasteiger partial charge in [-0.25, -0.2) is 0 Å². The Bertz CT molecular complexity index is 291. The first-order valence-electron chi connectivity index (χ1n) is 3.98. The summed E-state index contributed by atoms with van der Waals surface area (Å²) >= 11 is 0. The maximum Gasteiger partial charge on any atom is 0.707 e. The van der Waals surface area contributed by atoms with Crippen molar-refractivity contribution < 1.29 is 14.7 Å². The van der Waals surface area contributed by atoms with Crippen LogP contribution in [0.5, 0.6) is 5.75 Å². The molecule has 1 aromatic rings. The summed E-state index contributed by atoms with van der Waals surface area (Å²) in [6.07, 6.45) is 0. The van der Waals surface area contributed by atoms with E-state index >= 15 is 0 Å². The standard InChI is InChI=1S/C8H12BNO3/c1-5-4-6(2)10-7(3)8(5)13-9(11)12/h4,11-12H,1-3H3. The topological polar surface area (TPSA) is 62.6 Å². The second kappa shape index (κ2) is 3.76. The molecule has 2 N–H and O–H groups in total. The lowest BCUT2D eigenvalue weighted by Crippen LogP contribution is -2.22. The molecule has 0 radical (unpaired) electrons. The van der Waals surface area contributed by atoms with Crippen molar-refractivity contribution in [1.29, 1.82) is 0 Å². The van der Waals surface area contributed by atoms with Gasteiger partial charge < -0.3 is 14.7 Å². The smallest absolute Gasteiger partial charge is 0.510 e. The molecule has 13 heavy (non-hydrogen) atoms. The highest BCUT2D eigenvalue weighted by Gasteiger charge is 2.15. The van der Waals surface area contributed by atoms with Crippen molar-refractivity contribution in [2.75, 3.05) is 0 Å². The zero-order chi connectivity index (χ0) is 10.0. The summed E-state index contributed by atoms with van der Waals surface area (Å²) < 4.78 is 4.78. The molecule has 0 fully saturated rings. The van der Waals surface area contributed by atoms with Crippen LogP contribution in [0.25, 0.3) is 0 Å². The van der Waals surface area contributed by atoms with Gasteiger partial charge in [0.1, 0.15) is 5.75 Å². The van der Waals surface area contributed by atoms with E-state index in [2.05, 4.69) is 4.98 Å². The fourth-order valence-corrected chi connectivity index (χ4v) is 1.30. The van der Waals surface area contributed by atoms with Crippen LogP contribution >= 0.6 is 0 Å². The first-order chi connectivity index (χ1) is 6.00. The highest BCUT2D eigenvalue weighted by atomic mass is 16.6. The predicted octanol–water partition coefficient (Wildman–Crippen LogP) is 0.355. The van der Waals surface area contributed by atoms with Crippen LogP contribution in [-0.4, -0.2) is 22.4 Å². The van der Waals surface area contributed by atoms with Gasteiger partial charge in [0.25, 0.3) is 0 Å². The van der Waals surface area contributed by atoms with Crippen LogP contribution in [0.4, 0.5) is 0 Å². The normalized spacial score (nSPS) is 9.92. The Balaban J connectivity index is 3.06. The van der Waals surface area contributed by atoms with Crippen molar-refractivity contribution in [3.63, 3.8) is 0 Å². The number of hydrogen-bond donors (Lipinski definition) is 2. The van der Waals surface area contributed by atoms with Gasteiger partial charge in [-0.05, 0) is 32.4 Å². The summed E-state index contributed by atoms with van der Waals surface area (Å²) in [5, 5.41) is 17.3. The van der Waals surface area contributed by atoms with Crippen LogP contribution in [0.1, 0.15) is 17.0 Å². The monoisotopic (exact) mass is 181 g/mol. The van der Waals surface area contributed by atoms with Gasteiger partial charge in [0.2, 0.25) is 0 Å². The molecule has 1 heterocycles. The molecule has 5 heteroatoms. The molecular formula is C8H12BNO3. The lowest BCUT2D eigenvalue weighted by molar-refractivity contribution is 0.285. The van der Waals surface area contributed by atoms with Crippen LogP contribution in [0.2, 0.25) is 0 Å². The third-order valence-electron chi connectivity index (χ3n) is 1.68. The van der Waals surface area contributed by atoms with Gasteiger partial charge in [-0.1, -0.05) is 0 Å². The van der Waals surface area contributed by atoms with Crippen molar-refractivity contribution >= 4 is 7.32 Å². The van der Waals surface area contributed by atoms with E-state index in [1.807, 2.05) is 19.9 Å². The van der Waals surface area contributed by atoms with E-state index in [0.717, 1.165) is 11.3 Å². The fourth-order valence-electron chi connectivity index (χ4n) is 1.30. The van der Waals surface area contributed by atoms with E-state index < -0.39 is 7.32 Å². The quantitative estimate of drug-likeness (QED) is 0.646. The molecule has 1 rings (SSSR count). The van der Waals surface area contributed by atoms with Crippen LogP contribution in [-0.2, 0) is 0 Å². The van der Waals surface area contributed by atoms with E-state index in [1.54, 1.807) is 6.92 Å². The molecule has 70 valence electrons. The first kappa shape index (κ1) is 10.0. The molecule has 0 aliphatic heterocycles. The molecule has 4 nitrogen and oxygen atoms in total. The maximum atomic E-state index is 8.63. The Kier molecular flexibility index (Phi) is 2.90. The second-order valence-corrected chi connectivity index (χ2v) is 2.94. The van der Waals surface area contributed by atoms with E-state index in [-0.39, 0.29) is 0 Å². The Labute approximate surface area is 77.4 Å². The molecule has 0 aromatic carbocycles.